The van der Waals surface area contributed by atoms with Gasteiger partial charge in [-0.3, -0.25) is 4.79 Å². The van der Waals surface area contributed by atoms with Gasteiger partial charge in [-0.15, -0.1) is 0 Å². The van der Waals surface area contributed by atoms with Crippen molar-refractivity contribution in [3.63, 3.8) is 0 Å². The Balaban J connectivity index is 1.87. The molecular weight excluding hydrogens is 238 g/mol. The van der Waals surface area contributed by atoms with Crippen molar-refractivity contribution < 1.29 is 0 Å². The zero-order valence-electron chi connectivity index (χ0n) is 10.9. The van der Waals surface area contributed by atoms with Crippen molar-refractivity contribution in [1.29, 1.82) is 0 Å². The minimum absolute atomic E-state index is 0.138. The van der Waals surface area contributed by atoms with Gasteiger partial charge in [-0.25, -0.2) is 0 Å². The Kier molecular flexibility index (Phi) is 4.61. The molecule has 4 heteroatoms. The van der Waals surface area contributed by atoms with Crippen LogP contribution in [0.4, 0.5) is 5.69 Å². The summed E-state index contributed by atoms with van der Waals surface area (Å²) in [5, 5.41) is 8.31. The Bertz CT molecular complexity index is 590. The van der Waals surface area contributed by atoms with Crippen LogP contribution in [0.15, 0.2) is 63.7 Å². The smallest absolute Gasteiger partial charge is 0.250 e. The summed E-state index contributed by atoms with van der Waals surface area (Å²) in [5.41, 5.74) is 1.74. The summed E-state index contributed by atoms with van der Waals surface area (Å²) in [7, 11) is 0. The Labute approximate surface area is 112 Å². The van der Waals surface area contributed by atoms with Gasteiger partial charge in [0.25, 0.3) is 0 Å². The summed E-state index contributed by atoms with van der Waals surface area (Å²) in [6, 6.07) is 13.6. The molecule has 1 atom stereocenters. The highest BCUT2D eigenvalue weighted by molar-refractivity contribution is 5.32. The van der Waals surface area contributed by atoms with Crippen molar-refractivity contribution in [3.8, 4) is 0 Å². The monoisotopic (exact) mass is 255 g/mol. The molecule has 0 saturated heterocycles. The Morgan fingerprint density at radius 3 is 2.74 bits per heavy atom. The number of pyridine rings is 1. The average molecular weight is 255 g/mol. The van der Waals surface area contributed by atoms with E-state index in [9.17, 15) is 4.79 Å². The predicted octanol–water partition coefficient (Wildman–Crippen LogP) is 3.48. The fourth-order valence-electron chi connectivity index (χ4n) is 1.74. The topological polar surface area (TPSA) is 57.6 Å². The zero-order chi connectivity index (χ0) is 13.5. The largest absolute Gasteiger partial charge is 0.329 e. The van der Waals surface area contributed by atoms with Gasteiger partial charge in [-0.2, -0.15) is 10.2 Å². The Morgan fingerprint density at radius 2 is 2.00 bits per heavy atom. The molecule has 1 aromatic heterocycles. The highest BCUT2D eigenvalue weighted by Crippen LogP contribution is 2.11. The molecule has 19 heavy (non-hydrogen) atoms. The van der Waals surface area contributed by atoms with Crippen LogP contribution in [0.1, 0.15) is 18.9 Å². The van der Waals surface area contributed by atoms with Crippen LogP contribution in [0.5, 0.6) is 0 Å². The van der Waals surface area contributed by atoms with Crippen LogP contribution in [-0.2, 0) is 6.42 Å². The minimum atomic E-state index is -0.159. The standard InChI is InChI=1S/C15H17N3O/c1-12(7-8-13-5-3-2-4-6-13)17-18-14-9-10-16-15(19)11-14/h2-6,9-12H,7-8H2,1H3,(H,16,19). The Morgan fingerprint density at radius 1 is 1.21 bits per heavy atom. The normalized spacial score (nSPS) is 12.7. The van der Waals surface area contributed by atoms with Crippen molar-refractivity contribution in [2.24, 2.45) is 10.2 Å². The van der Waals surface area contributed by atoms with Crippen LogP contribution >= 0.6 is 0 Å². The first kappa shape index (κ1) is 13.2. The summed E-state index contributed by atoms with van der Waals surface area (Å²) in [5.74, 6) is 0. The number of nitrogens with one attached hydrogen (secondary N) is 1. The summed E-state index contributed by atoms with van der Waals surface area (Å²) >= 11 is 0. The molecule has 0 fully saturated rings. The first-order chi connectivity index (χ1) is 9.24. The van der Waals surface area contributed by atoms with E-state index in [-0.39, 0.29) is 11.6 Å². The van der Waals surface area contributed by atoms with Crippen molar-refractivity contribution in [2.45, 2.75) is 25.8 Å². The molecule has 4 nitrogen and oxygen atoms in total. The van der Waals surface area contributed by atoms with Crippen LogP contribution < -0.4 is 5.56 Å². The molecule has 2 aromatic rings. The van der Waals surface area contributed by atoms with E-state index in [4.69, 9.17) is 0 Å². The van der Waals surface area contributed by atoms with E-state index >= 15 is 0 Å². The van der Waals surface area contributed by atoms with E-state index in [1.54, 1.807) is 12.3 Å². The fourth-order valence-corrected chi connectivity index (χ4v) is 1.74. The van der Waals surface area contributed by atoms with Gasteiger partial charge in [0.15, 0.2) is 0 Å². The molecular formula is C15H17N3O. The van der Waals surface area contributed by atoms with Crippen LogP contribution in [0.25, 0.3) is 0 Å². The second-order valence-corrected chi connectivity index (χ2v) is 4.50. The summed E-state index contributed by atoms with van der Waals surface area (Å²) in [6.07, 6.45) is 3.50. The lowest BCUT2D eigenvalue weighted by Gasteiger charge is -2.04. The molecule has 1 heterocycles. The van der Waals surface area contributed by atoms with Gasteiger partial charge in [0, 0.05) is 12.3 Å². The zero-order valence-corrected chi connectivity index (χ0v) is 10.9. The number of aromatic nitrogens is 1. The summed E-state index contributed by atoms with van der Waals surface area (Å²) in [4.78, 5) is 13.6. The van der Waals surface area contributed by atoms with Crippen LogP contribution in [-0.4, -0.2) is 11.0 Å². The predicted molar refractivity (Wildman–Crippen MR) is 75.8 cm³/mol. The molecule has 1 aromatic carbocycles. The first-order valence-corrected chi connectivity index (χ1v) is 6.37. The van der Waals surface area contributed by atoms with Crippen LogP contribution in [0.3, 0.4) is 0 Å². The van der Waals surface area contributed by atoms with Crippen LogP contribution in [0, 0.1) is 0 Å². The van der Waals surface area contributed by atoms with E-state index < -0.39 is 0 Å². The minimum Gasteiger partial charge on any atom is -0.329 e. The molecule has 2 rings (SSSR count). The molecule has 0 bridgehead atoms. The molecule has 0 aliphatic heterocycles. The number of hydrogen-bond acceptors (Lipinski definition) is 3. The van der Waals surface area contributed by atoms with Crippen molar-refractivity contribution >= 4 is 5.69 Å². The Hall–Kier alpha value is -2.23. The maximum Gasteiger partial charge on any atom is 0.250 e. The van der Waals surface area contributed by atoms with Crippen molar-refractivity contribution in [1.82, 2.24) is 4.98 Å². The maximum absolute atomic E-state index is 11.1. The lowest BCUT2D eigenvalue weighted by molar-refractivity contribution is 0.640. The number of hydrogen-bond donors (Lipinski definition) is 1. The first-order valence-electron chi connectivity index (χ1n) is 6.37. The van der Waals surface area contributed by atoms with Crippen LogP contribution in [0.2, 0.25) is 0 Å². The van der Waals surface area contributed by atoms with Crippen molar-refractivity contribution in [3.05, 3.63) is 64.6 Å². The van der Waals surface area contributed by atoms with Gasteiger partial charge in [-0.1, -0.05) is 30.3 Å². The highest BCUT2D eigenvalue weighted by atomic mass is 16.1. The lowest BCUT2D eigenvalue weighted by atomic mass is 10.1. The number of rotatable bonds is 5. The van der Waals surface area contributed by atoms with E-state index in [1.807, 2.05) is 25.1 Å². The second kappa shape index (κ2) is 6.64. The number of nitrogens with zero attached hydrogens (tertiary/aromatic N) is 2. The molecule has 0 spiro atoms. The second-order valence-electron chi connectivity index (χ2n) is 4.50. The number of aromatic amines is 1. The molecule has 0 aliphatic carbocycles. The van der Waals surface area contributed by atoms with E-state index in [0.29, 0.717) is 5.69 Å². The lowest BCUT2D eigenvalue weighted by Crippen LogP contribution is -2.01. The third-order valence-electron chi connectivity index (χ3n) is 2.82. The number of benzene rings is 1. The van der Waals surface area contributed by atoms with E-state index in [1.165, 1.54) is 11.6 Å². The average Bonchev–Trinajstić information content (AvgIpc) is 2.44. The molecule has 0 saturated carbocycles. The third-order valence-corrected chi connectivity index (χ3v) is 2.82. The highest BCUT2D eigenvalue weighted by Gasteiger charge is 2.00. The van der Waals surface area contributed by atoms with Gasteiger partial charge >= 0.3 is 0 Å². The molecule has 98 valence electrons. The van der Waals surface area contributed by atoms with Gasteiger partial charge in [0.2, 0.25) is 5.56 Å². The quantitative estimate of drug-likeness (QED) is 0.817. The summed E-state index contributed by atoms with van der Waals surface area (Å²) in [6.45, 7) is 2.03. The van der Waals surface area contributed by atoms with Gasteiger partial charge in [-0.05, 0) is 31.4 Å². The summed E-state index contributed by atoms with van der Waals surface area (Å²) < 4.78 is 0. The third kappa shape index (κ3) is 4.50. The van der Waals surface area contributed by atoms with Gasteiger partial charge in [0.1, 0.15) is 0 Å². The van der Waals surface area contributed by atoms with Crippen molar-refractivity contribution in [2.75, 3.05) is 0 Å². The van der Waals surface area contributed by atoms with Gasteiger partial charge < -0.3 is 4.98 Å². The number of aryl methyl sites for hydroxylation is 1. The molecule has 1 unspecified atom stereocenters. The van der Waals surface area contributed by atoms with E-state index in [2.05, 4.69) is 27.3 Å². The number of azo groups is 1. The molecule has 0 amide bonds. The van der Waals surface area contributed by atoms with E-state index in [0.717, 1.165) is 12.8 Å². The molecule has 1 N–H and O–H groups in total. The fraction of sp³-hybridized carbons (Fsp3) is 0.267. The maximum atomic E-state index is 11.1. The SMILES string of the molecule is CC(CCc1ccccc1)N=Nc1cc[nH]c(=O)c1. The molecule has 0 aliphatic rings. The molecule has 0 radical (unpaired) electrons. The number of H-pyrrole nitrogens is 1. The van der Waals surface area contributed by atoms with Gasteiger partial charge in [0.05, 0.1) is 11.7 Å².